The highest BCUT2D eigenvalue weighted by Gasteiger charge is 2.23. The summed E-state index contributed by atoms with van der Waals surface area (Å²) in [6.45, 7) is 14.2. The second-order valence-corrected chi connectivity index (χ2v) is 9.32. The normalized spacial score (nSPS) is 12.0. The molecule has 0 aliphatic carbocycles. The van der Waals surface area contributed by atoms with E-state index in [-0.39, 0.29) is 25.5 Å². The molecule has 0 heterocycles. The van der Waals surface area contributed by atoms with Gasteiger partial charge in [0.1, 0.15) is 12.1 Å². The largest absolute Gasteiger partial charge is 0.450 e. The van der Waals surface area contributed by atoms with E-state index in [9.17, 15) is 19.2 Å². The lowest BCUT2D eigenvalue weighted by Gasteiger charge is -2.19. The van der Waals surface area contributed by atoms with Crippen molar-refractivity contribution in [2.24, 2.45) is 11.8 Å². The van der Waals surface area contributed by atoms with Crippen LogP contribution < -0.4 is 21.3 Å². The van der Waals surface area contributed by atoms with Gasteiger partial charge in [0.25, 0.3) is 0 Å². The number of nitrogens with one attached hydrogen (secondary N) is 4. The average molecular weight is 493 g/mol. The Hall–Kier alpha value is -3.10. The van der Waals surface area contributed by atoms with Crippen LogP contribution in [0.5, 0.6) is 0 Å². The molecule has 4 amide bonds. The van der Waals surface area contributed by atoms with E-state index in [1.165, 1.54) is 0 Å². The van der Waals surface area contributed by atoms with Gasteiger partial charge in [-0.2, -0.15) is 0 Å². The lowest BCUT2D eigenvalue weighted by atomic mass is 10.1. The number of benzene rings is 1. The van der Waals surface area contributed by atoms with Crippen LogP contribution in [0.25, 0.3) is 0 Å². The fraction of sp³-hybridized carbons (Fsp3) is 0.615. The minimum atomic E-state index is -0.911. The Morgan fingerprint density at radius 1 is 0.857 bits per heavy atom. The van der Waals surface area contributed by atoms with Crippen molar-refractivity contribution in [1.29, 1.82) is 0 Å². The number of rotatable bonds is 12. The van der Waals surface area contributed by atoms with Gasteiger partial charge < -0.3 is 26.0 Å². The predicted molar refractivity (Wildman–Crippen MR) is 138 cm³/mol. The summed E-state index contributed by atoms with van der Waals surface area (Å²) in [5.41, 5.74) is 0.843. The second kappa shape index (κ2) is 18.3. The van der Waals surface area contributed by atoms with Gasteiger partial charge in [-0.05, 0) is 37.7 Å². The zero-order chi connectivity index (χ0) is 26.8. The van der Waals surface area contributed by atoms with Gasteiger partial charge in [-0.3, -0.25) is 14.4 Å². The molecule has 4 N–H and O–H groups in total. The van der Waals surface area contributed by atoms with Crippen LogP contribution in [0, 0.1) is 11.8 Å². The number of hydrogen-bond donors (Lipinski definition) is 4. The molecule has 0 aliphatic heterocycles. The summed E-state index contributed by atoms with van der Waals surface area (Å²) in [6.07, 6.45) is 0.371. The molecule has 1 aromatic carbocycles. The number of carbonyl (C=O) groups is 4. The Kier molecular flexibility index (Phi) is 16.6. The Morgan fingerprint density at radius 3 is 2.00 bits per heavy atom. The minimum Gasteiger partial charge on any atom is -0.450 e. The third-order valence-electron chi connectivity index (χ3n) is 4.38. The van der Waals surface area contributed by atoms with Gasteiger partial charge in [0.2, 0.25) is 17.7 Å². The maximum absolute atomic E-state index is 12.6. The summed E-state index contributed by atoms with van der Waals surface area (Å²) < 4.78 is 4.86. The van der Waals surface area contributed by atoms with E-state index >= 15 is 0 Å². The van der Waals surface area contributed by atoms with Gasteiger partial charge in [-0.1, -0.05) is 65.0 Å². The smallest absolute Gasteiger partial charge is 0.407 e. The van der Waals surface area contributed by atoms with Crippen LogP contribution >= 0.6 is 0 Å². The highest BCUT2D eigenvalue weighted by molar-refractivity contribution is 5.91. The Bertz CT molecular complexity index is 766. The number of alkyl carbamates (subject to hydrolysis) is 1. The molecule has 0 spiro atoms. The van der Waals surface area contributed by atoms with Crippen LogP contribution in [0.1, 0.15) is 60.5 Å². The zero-order valence-electron chi connectivity index (χ0n) is 22.3. The molecule has 1 aromatic rings. The molecule has 2 atom stereocenters. The van der Waals surface area contributed by atoms with Crippen molar-refractivity contribution in [3.8, 4) is 0 Å². The SMILES string of the molecule is CC(C)C.CCOC(=O)N[C@@H](Cc1ccccc1)C(=O)NCC(=O)N[C@@H](C)C(=O)NCCC(C)C. The van der Waals surface area contributed by atoms with E-state index in [0.717, 1.165) is 17.9 Å². The molecule has 0 saturated carbocycles. The predicted octanol–water partition coefficient (Wildman–Crippen LogP) is 2.79. The van der Waals surface area contributed by atoms with Crippen LogP contribution in [0.3, 0.4) is 0 Å². The number of ether oxygens (including phenoxy) is 1. The number of hydrogen-bond acceptors (Lipinski definition) is 5. The minimum absolute atomic E-state index is 0.172. The maximum Gasteiger partial charge on any atom is 0.407 e. The van der Waals surface area contributed by atoms with Crippen LogP contribution in [0.15, 0.2) is 30.3 Å². The van der Waals surface area contributed by atoms with E-state index < -0.39 is 30.0 Å². The lowest BCUT2D eigenvalue weighted by Crippen LogP contribution is -2.52. The van der Waals surface area contributed by atoms with E-state index in [4.69, 9.17) is 4.74 Å². The summed E-state index contributed by atoms with van der Waals surface area (Å²) in [7, 11) is 0. The first-order chi connectivity index (χ1) is 16.5. The first-order valence-corrected chi connectivity index (χ1v) is 12.3. The Morgan fingerprint density at radius 2 is 1.46 bits per heavy atom. The van der Waals surface area contributed by atoms with E-state index in [2.05, 4.69) is 55.9 Å². The standard InChI is InChI=1S/C22H34N4O5.C4H10/c1-5-31-22(30)26-18(13-17-9-7-6-8-10-17)21(29)24-14-19(27)25-16(4)20(28)23-12-11-15(2)3;1-4(2)3/h6-10,15-16,18H,5,11-14H2,1-4H3,(H,23,28)(H,24,29)(H,25,27)(H,26,30);4H,1-3H3/t16-,18-;/m0./s1. The van der Waals surface area contributed by atoms with Gasteiger partial charge in [-0.15, -0.1) is 0 Å². The first-order valence-electron chi connectivity index (χ1n) is 12.3. The van der Waals surface area contributed by atoms with E-state index in [0.29, 0.717) is 12.5 Å². The summed E-state index contributed by atoms with van der Waals surface area (Å²) in [4.78, 5) is 48.5. The summed E-state index contributed by atoms with van der Waals surface area (Å²) in [5.74, 6) is -0.0192. The molecular formula is C26H44N4O5. The third-order valence-corrected chi connectivity index (χ3v) is 4.38. The Balaban J connectivity index is 0.00000267. The molecule has 0 fully saturated rings. The monoisotopic (exact) mass is 492 g/mol. The highest BCUT2D eigenvalue weighted by atomic mass is 16.5. The van der Waals surface area contributed by atoms with Crippen LogP contribution in [-0.4, -0.2) is 55.6 Å². The third kappa shape index (κ3) is 17.1. The van der Waals surface area contributed by atoms with E-state index in [1.54, 1.807) is 13.8 Å². The van der Waals surface area contributed by atoms with Crippen LogP contribution in [0.4, 0.5) is 4.79 Å². The van der Waals surface area contributed by atoms with E-state index in [1.807, 2.05) is 30.3 Å². The van der Waals surface area contributed by atoms with Crippen molar-refractivity contribution in [2.45, 2.75) is 73.4 Å². The van der Waals surface area contributed by atoms with Crippen LogP contribution in [0.2, 0.25) is 0 Å². The second-order valence-electron chi connectivity index (χ2n) is 9.32. The molecule has 198 valence electrons. The molecule has 0 unspecified atom stereocenters. The van der Waals surface area contributed by atoms with Gasteiger partial charge in [0.05, 0.1) is 13.2 Å². The lowest BCUT2D eigenvalue weighted by molar-refractivity contribution is -0.129. The van der Waals surface area contributed by atoms with Crippen molar-refractivity contribution in [3.05, 3.63) is 35.9 Å². The van der Waals surface area contributed by atoms with Gasteiger partial charge in [0.15, 0.2) is 0 Å². The highest BCUT2D eigenvalue weighted by Crippen LogP contribution is 2.04. The van der Waals surface area contributed by atoms with Gasteiger partial charge in [0, 0.05) is 13.0 Å². The maximum atomic E-state index is 12.6. The number of carbonyl (C=O) groups excluding carboxylic acids is 4. The van der Waals surface area contributed by atoms with Crippen LogP contribution in [-0.2, 0) is 25.5 Å². The van der Waals surface area contributed by atoms with Crippen molar-refractivity contribution in [1.82, 2.24) is 21.3 Å². The molecule has 9 heteroatoms. The van der Waals surface area contributed by atoms with Crippen molar-refractivity contribution in [2.75, 3.05) is 19.7 Å². The molecule has 9 nitrogen and oxygen atoms in total. The molecule has 35 heavy (non-hydrogen) atoms. The molecular weight excluding hydrogens is 448 g/mol. The molecule has 1 rings (SSSR count). The number of amides is 4. The summed E-state index contributed by atoms with van der Waals surface area (Å²) in [5, 5.41) is 10.3. The summed E-state index contributed by atoms with van der Waals surface area (Å²) >= 11 is 0. The molecule has 0 radical (unpaired) electrons. The molecule has 0 aliphatic rings. The van der Waals surface area contributed by atoms with Gasteiger partial charge in [-0.25, -0.2) is 4.79 Å². The molecule has 0 aromatic heterocycles. The average Bonchev–Trinajstić information content (AvgIpc) is 2.77. The topological polar surface area (TPSA) is 126 Å². The zero-order valence-corrected chi connectivity index (χ0v) is 22.3. The fourth-order valence-electron chi connectivity index (χ4n) is 2.66. The van der Waals surface area contributed by atoms with Crippen molar-refractivity contribution < 1.29 is 23.9 Å². The fourth-order valence-corrected chi connectivity index (χ4v) is 2.66. The summed E-state index contributed by atoms with van der Waals surface area (Å²) in [6, 6.07) is 7.53. The van der Waals surface area contributed by atoms with Crippen molar-refractivity contribution in [3.63, 3.8) is 0 Å². The first kappa shape index (κ1) is 31.9. The quantitative estimate of drug-likeness (QED) is 0.357. The molecule has 0 saturated heterocycles. The molecule has 0 bridgehead atoms. The Labute approximate surface area is 210 Å². The van der Waals surface area contributed by atoms with Crippen molar-refractivity contribution >= 4 is 23.8 Å². The van der Waals surface area contributed by atoms with Gasteiger partial charge >= 0.3 is 6.09 Å².